The Bertz CT molecular complexity index is 1080. The number of anilines is 2. The van der Waals surface area contributed by atoms with Crippen LogP contribution in [0.3, 0.4) is 0 Å². The van der Waals surface area contributed by atoms with Gasteiger partial charge in [-0.1, -0.05) is 23.2 Å². The van der Waals surface area contributed by atoms with Crippen molar-refractivity contribution in [1.29, 1.82) is 0 Å². The molecule has 0 radical (unpaired) electrons. The standard InChI is InChI=1S/C20H16Cl2N2O3S/c1-24(20(25)14-2-4-15(21)5-3-14)18-10-8-17(9-11-18)23-28(26,27)19-12-6-16(22)7-13-19/h2-13,23H,1H3. The molecule has 28 heavy (non-hydrogen) atoms. The Labute approximate surface area is 173 Å². The van der Waals surface area contributed by atoms with Crippen molar-refractivity contribution >= 4 is 50.5 Å². The van der Waals surface area contributed by atoms with Crippen LogP contribution in [0.1, 0.15) is 10.4 Å². The Morgan fingerprint density at radius 1 is 0.821 bits per heavy atom. The Morgan fingerprint density at radius 2 is 1.32 bits per heavy atom. The third-order valence-electron chi connectivity index (χ3n) is 4.03. The number of rotatable bonds is 5. The minimum absolute atomic E-state index is 0.107. The van der Waals surface area contributed by atoms with Gasteiger partial charge in [0.2, 0.25) is 0 Å². The Hall–Kier alpha value is -2.54. The molecule has 1 amide bonds. The van der Waals surface area contributed by atoms with E-state index in [1.165, 1.54) is 29.2 Å². The zero-order valence-corrected chi connectivity index (χ0v) is 17.1. The fourth-order valence-corrected chi connectivity index (χ4v) is 3.79. The number of halogens is 2. The number of hydrogen-bond donors (Lipinski definition) is 1. The van der Waals surface area contributed by atoms with Gasteiger partial charge in [0.1, 0.15) is 0 Å². The van der Waals surface area contributed by atoms with E-state index in [0.717, 1.165) is 0 Å². The highest BCUT2D eigenvalue weighted by atomic mass is 35.5. The predicted molar refractivity (Wildman–Crippen MR) is 113 cm³/mol. The maximum atomic E-state index is 12.5. The molecule has 0 fully saturated rings. The smallest absolute Gasteiger partial charge is 0.261 e. The molecule has 144 valence electrons. The van der Waals surface area contributed by atoms with Gasteiger partial charge in [0.25, 0.3) is 15.9 Å². The third kappa shape index (κ3) is 4.65. The van der Waals surface area contributed by atoms with E-state index >= 15 is 0 Å². The fourth-order valence-electron chi connectivity index (χ4n) is 2.48. The van der Waals surface area contributed by atoms with Crippen molar-refractivity contribution in [1.82, 2.24) is 0 Å². The molecule has 8 heteroatoms. The SMILES string of the molecule is CN(C(=O)c1ccc(Cl)cc1)c1ccc(NS(=O)(=O)c2ccc(Cl)cc2)cc1. The minimum Gasteiger partial charge on any atom is -0.311 e. The summed E-state index contributed by atoms with van der Waals surface area (Å²) in [5, 5.41) is 1.01. The van der Waals surface area contributed by atoms with E-state index in [4.69, 9.17) is 23.2 Å². The van der Waals surface area contributed by atoms with Gasteiger partial charge < -0.3 is 4.90 Å². The van der Waals surface area contributed by atoms with Gasteiger partial charge in [-0.25, -0.2) is 8.42 Å². The summed E-state index contributed by atoms with van der Waals surface area (Å²) in [5.74, 6) is -0.203. The molecule has 0 aliphatic carbocycles. The van der Waals surface area contributed by atoms with Crippen molar-refractivity contribution in [3.8, 4) is 0 Å². The molecule has 0 aliphatic rings. The van der Waals surface area contributed by atoms with E-state index in [9.17, 15) is 13.2 Å². The van der Waals surface area contributed by atoms with Crippen LogP contribution in [0.4, 0.5) is 11.4 Å². The van der Waals surface area contributed by atoms with E-state index < -0.39 is 10.0 Å². The van der Waals surface area contributed by atoms with Gasteiger partial charge in [0.15, 0.2) is 0 Å². The predicted octanol–water partition coefficient (Wildman–Crippen LogP) is 5.07. The van der Waals surface area contributed by atoms with Gasteiger partial charge in [-0.2, -0.15) is 0 Å². The Balaban J connectivity index is 1.74. The highest BCUT2D eigenvalue weighted by Crippen LogP contribution is 2.22. The summed E-state index contributed by atoms with van der Waals surface area (Å²) in [4.78, 5) is 14.1. The molecular weight excluding hydrogens is 419 g/mol. The number of benzene rings is 3. The summed E-state index contributed by atoms with van der Waals surface area (Å²) >= 11 is 11.6. The van der Waals surface area contributed by atoms with E-state index in [1.54, 1.807) is 55.6 Å². The number of carbonyl (C=O) groups excluding carboxylic acids is 1. The van der Waals surface area contributed by atoms with Crippen LogP contribution >= 0.6 is 23.2 Å². The monoisotopic (exact) mass is 434 g/mol. The van der Waals surface area contributed by atoms with Crippen LogP contribution in [0, 0.1) is 0 Å². The van der Waals surface area contributed by atoms with Crippen molar-refractivity contribution in [3.63, 3.8) is 0 Å². The first-order chi connectivity index (χ1) is 13.3. The minimum atomic E-state index is -3.73. The summed E-state index contributed by atoms with van der Waals surface area (Å²) in [5.41, 5.74) is 1.50. The molecule has 5 nitrogen and oxygen atoms in total. The van der Waals surface area contributed by atoms with Crippen LogP contribution in [0.5, 0.6) is 0 Å². The van der Waals surface area contributed by atoms with Gasteiger partial charge in [-0.15, -0.1) is 0 Å². The maximum Gasteiger partial charge on any atom is 0.261 e. The maximum absolute atomic E-state index is 12.5. The van der Waals surface area contributed by atoms with Crippen LogP contribution in [0.25, 0.3) is 0 Å². The molecule has 3 aromatic rings. The molecule has 0 atom stereocenters. The van der Waals surface area contributed by atoms with Crippen molar-refractivity contribution in [2.75, 3.05) is 16.7 Å². The number of hydrogen-bond acceptors (Lipinski definition) is 3. The van der Waals surface area contributed by atoms with Crippen molar-refractivity contribution in [3.05, 3.63) is 88.4 Å². The highest BCUT2D eigenvalue weighted by Gasteiger charge is 2.16. The number of nitrogens with one attached hydrogen (secondary N) is 1. The van der Waals surface area contributed by atoms with E-state index in [2.05, 4.69) is 4.72 Å². The van der Waals surface area contributed by atoms with Gasteiger partial charge in [0.05, 0.1) is 4.90 Å². The molecule has 0 bridgehead atoms. The third-order valence-corrected chi connectivity index (χ3v) is 5.93. The van der Waals surface area contributed by atoms with Crippen LogP contribution in [-0.4, -0.2) is 21.4 Å². The average molecular weight is 435 g/mol. The quantitative estimate of drug-likeness (QED) is 0.609. The summed E-state index contributed by atoms with van der Waals surface area (Å²) in [7, 11) is -2.09. The van der Waals surface area contributed by atoms with Gasteiger partial charge >= 0.3 is 0 Å². The first kappa shape index (κ1) is 20.2. The molecule has 0 saturated carbocycles. The van der Waals surface area contributed by atoms with E-state index in [1.807, 2.05) is 0 Å². The zero-order valence-electron chi connectivity index (χ0n) is 14.8. The normalized spacial score (nSPS) is 11.1. The van der Waals surface area contributed by atoms with Gasteiger partial charge in [-0.3, -0.25) is 9.52 Å². The summed E-state index contributed by atoms with van der Waals surface area (Å²) in [6, 6.07) is 19.0. The summed E-state index contributed by atoms with van der Waals surface area (Å²) in [6.07, 6.45) is 0. The molecule has 0 spiro atoms. The number of sulfonamides is 1. The average Bonchev–Trinajstić information content (AvgIpc) is 2.68. The van der Waals surface area contributed by atoms with Crippen LogP contribution in [0.2, 0.25) is 10.0 Å². The largest absolute Gasteiger partial charge is 0.311 e. The molecule has 0 heterocycles. The molecular formula is C20H16Cl2N2O3S. The van der Waals surface area contributed by atoms with Crippen LogP contribution < -0.4 is 9.62 Å². The van der Waals surface area contributed by atoms with Crippen LogP contribution in [-0.2, 0) is 10.0 Å². The zero-order chi connectivity index (χ0) is 20.3. The number of amides is 1. The van der Waals surface area contributed by atoms with Crippen molar-refractivity contribution < 1.29 is 13.2 Å². The lowest BCUT2D eigenvalue weighted by Crippen LogP contribution is -2.26. The van der Waals surface area contributed by atoms with E-state index in [-0.39, 0.29) is 10.8 Å². The molecule has 0 unspecified atom stereocenters. The van der Waals surface area contributed by atoms with Crippen molar-refractivity contribution in [2.45, 2.75) is 4.90 Å². The lowest BCUT2D eigenvalue weighted by molar-refractivity contribution is 0.0993. The van der Waals surface area contributed by atoms with E-state index in [0.29, 0.717) is 27.0 Å². The lowest BCUT2D eigenvalue weighted by atomic mass is 10.2. The molecule has 1 N–H and O–H groups in total. The number of carbonyl (C=O) groups is 1. The summed E-state index contributed by atoms with van der Waals surface area (Å²) in [6.45, 7) is 0. The second kappa shape index (κ2) is 8.22. The fraction of sp³-hybridized carbons (Fsp3) is 0.0500. The summed E-state index contributed by atoms with van der Waals surface area (Å²) < 4.78 is 27.3. The molecule has 3 aromatic carbocycles. The molecule has 0 saturated heterocycles. The first-order valence-electron chi connectivity index (χ1n) is 8.18. The number of nitrogens with zero attached hydrogens (tertiary/aromatic N) is 1. The lowest BCUT2D eigenvalue weighted by Gasteiger charge is -2.18. The van der Waals surface area contributed by atoms with Crippen molar-refractivity contribution in [2.24, 2.45) is 0 Å². The highest BCUT2D eigenvalue weighted by molar-refractivity contribution is 7.92. The van der Waals surface area contributed by atoms with Crippen LogP contribution in [0.15, 0.2) is 77.7 Å². The second-order valence-corrected chi connectivity index (χ2v) is 8.53. The molecule has 3 rings (SSSR count). The topological polar surface area (TPSA) is 66.5 Å². The Morgan fingerprint density at radius 3 is 1.86 bits per heavy atom. The second-order valence-electron chi connectivity index (χ2n) is 5.98. The van der Waals surface area contributed by atoms with Gasteiger partial charge in [-0.05, 0) is 72.8 Å². The Kier molecular flexibility index (Phi) is 5.93. The van der Waals surface area contributed by atoms with Gasteiger partial charge in [0, 0.05) is 34.0 Å². The molecule has 0 aromatic heterocycles. The first-order valence-corrected chi connectivity index (χ1v) is 10.4. The molecule has 0 aliphatic heterocycles.